The van der Waals surface area contributed by atoms with Crippen molar-refractivity contribution < 1.29 is 9.53 Å². The van der Waals surface area contributed by atoms with E-state index >= 15 is 0 Å². The number of rotatable bonds is 7. The van der Waals surface area contributed by atoms with Crippen LogP contribution in [0.25, 0.3) is 22.0 Å². The molecule has 0 atom stereocenters. The Bertz CT molecular complexity index is 1590. The summed E-state index contributed by atoms with van der Waals surface area (Å²) in [7, 11) is 0. The fraction of sp³-hybridized carbons (Fsp3) is 0.406. The zero-order chi connectivity index (χ0) is 28.4. The molecule has 1 amide bonds. The molecule has 0 saturated carbocycles. The minimum atomic E-state index is -0.144. The van der Waals surface area contributed by atoms with Gasteiger partial charge in [-0.05, 0) is 73.2 Å². The smallest absolute Gasteiger partial charge is 0.265 e. The van der Waals surface area contributed by atoms with Crippen molar-refractivity contribution in [3.63, 3.8) is 0 Å². The van der Waals surface area contributed by atoms with E-state index in [4.69, 9.17) is 4.74 Å². The van der Waals surface area contributed by atoms with E-state index in [2.05, 4.69) is 36.0 Å². The van der Waals surface area contributed by atoms with E-state index in [1.54, 1.807) is 0 Å². The average molecular weight is 559 g/mol. The minimum absolute atomic E-state index is 0.00813. The Hall–Kier alpha value is -3.33. The Morgan fingerprint density at radius 3 is 2.52 bits per heavy atom. The molecule has 1 N–H and O–H groups in total. The van der Waals surface area contributed by atoms with Crippen LogP contribution in [-0.4, -0.2) is 53.2 Å². The number of nitrogens with zero attached hydrogens (tertiary/aromatic N) is 3. The van der Waals surface area contributed by atoms with E-state index in [0.29, 0.717) is 22.7 Å². The number of morpholine rings is 1. The molecule has 5 rings (SSSR count). The van der Waals surface area contributed by atoms with Crippen molar-refractivity contribution in [1.82, 2.24) is 14.5 Å². The zero-order valence-corrected chi connectivity index (χ0v) is 24.9. The highest BCUT2D eigenvalue weighted by molar-refractivity contribution is 7.14. The number of amides is 1. The summed E-state index contributed by atoms with van der Waals surface area (Å²) in [6.07, 6.45) is 2.71. The van der Waals surface area contributed by atoms with Gasteiger partial charge in [0, 0.05) is 59.6 Å². The lowest BCUT2D eigenvalue weighted by Gasteiger charge is -2.26. The maximum Gasteiger partial charge on any atom is 0.265 e. The molecule has 3 aromatic heterocycles. The number of nitrogens with one attached hydrogen (secondary N) is 1. The van der Waals surface area contributed by atoms with Crippen molar-refractivity contribution in [3.05, 3.63) is 80.0 Å². The van der Waals surface area contributed by atoms with Crippen LogP contribution in [-0.2, 0) is 16.7 Å². The largest absolute Gasteiger partial charge is 0.379 e. The first-order valence-corrected chi connectivity index (χ1v) is 14.7. The van der Waals surface area contributed by atoms with Crippen LogP contribution >= 0.6 is 11.3 Å². The molecule has 210 valence electrons. The second-order valence-corrected chi connectivity index (χ2v) is 12.7. The molecular weight excluding hydrogens is 520 g/mol. The van der Waals surface area contributed by atoms with Gasteiger partial charge in [-0.15, -0.1) is 11.3 Å². The quantitative estimate of drug-likeness (QED) is 0.301. The molecule has 1 fully saturated rings. The van der Waals surface area contributed by atoms with E-state index in [0.717, 1.165) is 71.9 Å². The topological polar surface area (TPSA) is 76.5 Å². The maximum absolute atomic E-state index is 14.0. The maximum atomic E-state index is 14.0. The number of aromatic nitrogens is 2. The Labute approximate surface area is 239 Å². The molecule has 0 bridgehead atoms. The van der Waals surface area contributed by atoms with E-state index in [-0.39, 0.29) is 16.9 Å². The first kappa shape index (κ1) is 28.2. The van der Waals surface area contributed by atoms with Gasteiger partial charge in [0.1, 0.15) is 0 Å². The van der Waals surface area contributed by atoms with Crippen molar-refractivity contribution in [2.24, 2.45) is 0 Å². The number of thiophene rings is 1. The normalized spacial score (nSPS) is 14.5. The predicted molar refractivity (Wildman–Crippen MR) is 164 cm³/mol. The molecule has 4 heterocycles. The predicted octanol–water partition coefficient (Wildman–Crippen LogP) is 6.01. The van der Waals surface area contributed by atoms with Crippen LogP contribution in [0.3, 0.4) is 0 Å². The van der Waals surface area contributed by atoms with Crippen LogP contribution < -0.4 is 10.9 Å². The van der Waals surface area contributed by atoms with Crippen LogP contribution in [0.1, 0.15) is 53.0 Å². The monoisotopic (exact) mass is 558 g/mol. The summed E-state index contributed by atoms with van der Waals surface area (Å²) in [5, 5.41) is 3.97. The van der Waals surface area contributed by atoms with Crippen molar-refractivity contribution in [3.8, 4) is 11.1 Å². The van der Waals surface area contributed by atoms with Gasteiger partial charge in [-0.25, -0.2) is 0 Å². The van der Waals surface area contributed by atoms with Gasteiger partial charge in [-0.1, -0.05) is 26.8 Å². The Kier molecular flexibility index (Phi) is 8.21. The molecule has 1 aromatic carbocycles. The molecule has 0 spiro atoms. The second-order valence-electron chi connectivity index (χ2n) is 11.6. The summed E-state index contributed by atoms with van der Waals surface area (Å²) in [6.45, 7) is 15.3. The van der Waals surface area contributed by atoms with Crippen molar-refractivity contribution in [2.75, 3.05) is 38.2 Å². The van der Waals surface area contributed by atoms with Crippen LogP contribution in [0.5, 0.6) is 0 Å². The second kappa shape index (κ2) is 11.6. The first-order valence-electron chi connectivity index (χ1n) is 13.9. The number of carbonyl (C=O) groups excluding carboxylic acids is 1. The van der Waals surface area contributed by atoms with Crippen LogP contribution in [0.2, 0.25) is 0 Å². The molecule has 7 nitrogen and oxygen atoms in total. The third kappa shape index (κ3) is 6.19. The summed E-state index contributed by atoms with van der Waals surface area (Å²) < 4.78 is 7.37. The molecule has 0 aliphatic carbocycles. The van der Waals surface area contributed by atoms with Crippen LogP contribution in [0.4, 0.5) is 5.69 Å². The SMILES string of the molecule is Cc1cc2c(cn1)cc(-c1cc(NC(=O)c3ccc(C(C)(C)C)s3)ccc1C)c(=O)n2CCCN1CCOCC1. The fourth-order valence-electron chi connectivity index (χ4n) is 5.11. The molecule has 1 aliphatic heterocycles. The molecule has 8 heteroatoms. The lowest BCUT2D eigenvalue weighted by atomic mass is 9.95. The molecule has 1 saturated heterocycles. The lowest BCUT2D eigenvalue weighted by Crippen LogP contribution is -2.37. The Morgan fingerprint density at radius 1 is 1.02 bits per heavy atom. The summed E-state index contributed by atoms with van der Waals surface area (Å²) in [5.41, 5.74) is 4.81. The summed E-state index contributed by atoms with van der Waals surface area (Å²) in [6, 6.07) is 13.6. The van der Waals surface area contributed by atoms with Crippen LogP contribution in [0.15, 0.2) is 53.5 Å². The summed E-state index contributed by atoms with van der Waals surface area (Å²) >= 11 is 1.51. The zero-order valence-electron chi connectivity index (χ0n) is 24.0. The summed E-state index contributed by atoms with van der Waals surface area (Å²) in [4.78, 5) is 35.8. The molecule has 4 aromatic rings. The molecule has 1 aliphatic rings. The van der Waals surface area contributed by atoms with Crippen molar-refractivity contribution >= 4 is 33.8 Å². The van der Waals surface area contributed by atoms with E-state index in [1.165, 1.54) is 11.3 Å². The number of anilines is 1. The molecular formula is C32H38N4O3S. The average Bonchev–Trinajstić information content (AvgIpc) is 3.43. The minimum Gasteiger partial charge on any atom is -0.379 e. The fourth-order valence-corrected chi connectivity index (χ4v) is 6.07. The van der Waals surface area contributed by atoms with Gasteiger partial charge in [0.25, 0.3) is 11.5 Å². The van der Waals surface area contributed by atoms with Gasteiger partial charge in [0.2, 0.25) is 0 Å². The highest BCUT2D eigenvalue weighted by Gasteiger charge is 2.20. The van der Waals surface area contributed by atoms with Crippen molar-refractivity contribution in [2.45, 2.75) is 53.0 Å². The van der Waals surface area contributed by atoms with Crippen LogP contribution in [0, 0.1) is 13.8 Å². The van der Waals surface area contributed by atoms with Crippen molar-refractivity contribution in [1.29, 1.82) is 0 Å². The van der Waals surface area contributed by atoms with E-state index in [1.807, 2.05) is 67.1 Å². The number of fused-ring (bicyclic) bond motifs is 1. The summed E-state index contributed by atoms with van der Waals surface area (Å²) in [5.74, 6) is -0.144. The number of carbonyl (C=O) groups is 1. The van der Waals surface area contributed by atoms with E-state index < -0.39 is 0 Å². The number of pyridine rings is 2. The van der Waals surface area contributed by atoms with Gasteiger partial charge in [-0.2, -0.15) is 0 Å². The first-order chi connectivity index (χ1) is 19.1. The molecule has 40 heavy (non-hydrogen) atoms. The molecule has 0 unspecified atom stereocenters. The number of aryl methyl sites for hydroxylation is 3. The standard InChI is InChI=1S/C32H38N4O3S/c1-21-7-8-24(34-30(37)28-9-10-29(40-28)32(3,4)5)19-25(21)26-18-23-20-33-22(2)17-27(23)36(31(26)38)12-6-11-35-13-15-39-16-14-35/h7-10,17-20H,6,11-16H2,1-5H3,(H,34,37). The third-order valence-corrected chi connectivity index (χ3v) is 8.94. The van der Waals surface area contributed by atoms with Gasteiger partial charge in [0.05, 0.1) is 23.6 Å². The highest BCUT2D eigenvalue weighted by atomic mass is 32.1. The molecule has 0 radical (unpaired) electrons. The van der Waals surface area contributed by atoms with Gasteiger partial charge >= 0.3 is 0 Å². The third-order valence-electron chi connectivity index (χ3n) is 7.43. The number of hydrogen-bond donors (Lipinski definition) is 1. The lowest BCUT2D eigenvalue weighted by molar-refractivity contribution is 0.0369. The Balaban J connectivity index is 1.46. The number of hydrogen-bond acceptors (Lipinski definition) is 6. The Morgan fingerprint density at radius 2 is 1.80 bits per heavy atom. The van der Waals surface area contributed by atoms with Gasteiger partial charge in [-0.3, -0.25) is 19.5 Å². The number of benzene rings is 1. The van der Waals surface area contributed by atoms with Gasteiger partial charge in [0.15, 0.2) is 0 Å². The van der Waals surface area contributed by atoms with E-state index in [9.17, 15) is 9.59 Å². The van der Waals surface area contributed by atoms with Gasteiger partial charge < -0.3 is 14.6 Å². The highest BCUT2D eigenvalue weighted by Crippen LogP contribution is 2.31. The number of ether oxygens (including phenoxy) is 1.